The van der Waals surface area contributed by atoms with Crippen LogP contribution in [0, 0.1) is 0 Å². The Labute approximate surface area is 84.8 Å². The highest BCUT2D eigenvalue weighted by molar-refractivity contribution is 9.10. The van der Waals surface area contributed by atoms with Crippen molar-refractivity contribution in [2.24, 2.45) is 0 Å². The summed E-state index contributed by atoms with van der Waals surface area (Å²) in [6.45, 7) is 1.04. The molecule has 4 nitrogen and oxygen atoms in total. The van der Waals surface area contributed by atoms with Gasteiger partial charge in [0.25, 0.3) is 5.91 Å². The standard InChI is InChI=1S/C8H11BrN2O2/c1-13-3-2-10-8(12)7-4-6(9)5-11-7/h4-5,11H,2-3H2,1H3,(H,10,12). The molecule has 1 aromatic rings. The lowest BCUT2D eigenvalue weighted by molar-refractivity contribution is 0.0933. The molecular weight excluding hydrogens is 236 g/mol. The maximum atomic E-state index is 11.3. The van der Waals surface area contributed by atoms with Crippen molar-refractivity contribution in [3.05, 3.63) is 22.4 Å². The van der Waals surface area contributed by atoms with E-state index in [-0.39, 0.29) is 5.91 Å². The summed E-state index contributed by atoms with van der Waals surface area (Å²) >= 11 is 3.25. The van der Waals surface area contributed by atoms with Crippen LogP contribution < -0.4 is 5.32 Å². The SMILES string of the molecule is COCCNC(=O)c1cc(Br)c[nH]1. The van der Waals surface area contributed by atoms with Gasteiger partial charge in [-0.1, -0.05) is 0 Å². The molecule has 1 aromatic heterocycles. The molecular formula is C8H11BrN2O2. The monoisotopic (exact) mass is 246 g/mol. The van der Waals surface area contributed by atoms with Gasteiger partial charge in [-0.15, -0.1) is 0 Å². The maximum absolute atomic E-state index is 11.3. The number of halogens is 1. The number of carbonyl (C=O) groups excluding carboxylic acids is 1. The van der Waals surface area contributed by atoms with E-state index in [2.05, 4.69) is 26.2 Å². The van der Waals surface area contributed by atoms with E-state index in [1.165, 1.54) is 0 Å². The van der Waals surface area contributed by atoms with Crippen molar-refractivity contribution < 1.29 is 9.53 Å². The van der Waals surface area contributed by atoms with E-state index >= 15 is 0 Å². The molecule has 1 rings (SSSR count). The highest BCUT2D eigenvalue weighted by atomic mass is 79.9. The minimum atomic E-state index is -0.122. The van der Waals surface area contributed by atoms with Gasteiger partial charge in [-0.05, 0) is 22.0 Å². The van der Waals surface area contributed by atoms with E-state index in [0.717, 1.165) is 4.47 Å². The average molecular weight is 247 g/mol. The van der Waals surface area contributed by atoms with E-state index in [4.69, 9.17) is 4.74 Å². The van der Waals surface area contributed by atoms with Gasteiger partial charge < -0.3 is 15.0 Å². The Morgan fingerprint density at radius 3 is 3.08 bits per heavy atom. The summed E-state index contributed by atoms with van der Waals surface area (Å²) in [5.41, 5.74) is 0.544. The first-order chi connectivity index (χ1) is 6.24. The van der Waals surface area contributed by atoms with E-state index in [1.807, 2.05) is 0 Å². The molecule has 0 fully saturated rings. The molecule has 13 heavy (non-hydrogen) atoms. The van der Waals surface area contributed by atoms with Gasteiger partial charge in [0.2, 0.25) is 0 Å². The molecule has 0 aliphatic rings. The Kier molecular flexibility index (Phi) is 3.98. The van der Waals surface area contributed by atoms with Crippen LogP contribution in [0.25, 0.3) is 0 Å². The fourth-order valence-corrected chi connectivity index (χ4v) is 1.20. The third kappa shape index (κ3) is 3.20. The fraction of sp³-hybridized carbons (Fsp3) is 0.375. The topological polar surface area (TPSA) is 54.1 Å². The first-order valence-electron chi connectivity index (χ1n) is 3.85. The Morgan fingerprint density at radius 2 is 2.54 bits per heavy atom. The molecule has 0 unspecified atom stereocenters. The number of H-pyrrole nitrogens is 1. The molecule has 72 valence electrons. The van der Waals surface area contributed by atoms with Crippen LogP contribution in [0.1, 0.15) is 10.5 Å². The predicted octanol–water partition coefficient (Wildman–Crippen LogP) is 1.15. The molecule has 0 saturated heterocycles. The number of hydrogen-bond acceptors (Lipinski definition) is 2. The van der Waals surface area contributed by atoms with E-state index in [9.17, 15) is 4.79 Å². The van der Waals surface area contributed by atoms with Gasteiger partial charge in [0.1, 0.15) is 5.69 Å². The Morgan fingerprint density at radius 1 is 1.77 bits per heavy atom. The minimum Gasteiger partial charge on any atom is -0.383 e. The van der Waals surface area contributed by atoms with Gasteiger partial charge in [0.15, 0.2) is 0 Å². The summed E-state index contributed by atoms with van der Waals surface area (Å²) in [6.07, 6.45) is 1.71. The zero-order valence-electron chi connectivity index (χ0n) is 7.26. The molecule has 0 saturated carbocycles. The van der Waals surface area contributed by atoms with Crippen molar-refractivity contribution in [2.45, 2.75) is 0 Å². The first-order valence-corrected chi connectivity index (χ1v) is 4.64. The van der Waals surface area contributed by atoms with Crippen LogP contribution >= 0.6 is 15.9 Å². The second-order valence-corrected chi connectivity index (χ2v) is 3.40. The molecule has 0 radical (unpaired) electrons. The molecule has 0 aromatic carbocycles. The summed E-state index contributed by atoms with van der Waals surface area (Å²) in [6, 6.07) is 1.72. The van der Waals surface area contributed by atoms with Crippen LogP contribution in [0.4, 0.5) is 0 Å². The van der Waals surface area contributed by atoms with Crippen molar-refractivity contribution in [3.63, 3.8) is 0 Å². The maximum Gasteiger partial charge on any atom is 0.267 e. The predicted molar refractivity (Wildman–Crippen MR) is 52.7 cm³/mol. The normalized spacial score (nSPS) is 10.0. The number of nitrogens with one attached hydrogen (secondary N) is 2. The van der Waals surface area contributed by atoms with Crippen molar-refractivity contribution in [3.8, 4) is 0 Å². The third-order valence-corrected chi connectivity index (χ3v) is 1.94. The quantitative estimate of drug-likeness (QED) is 0.784. The highest BCUT2D eigenvalue weighted by Crippen LogP contribution is 2.09. The lowest BCUT2D eigenvalue weighted by Gasteiger charge is -2.01. The first kappa shape index (κ1) is 10.3. The van der Waals surface area contributed by atoms with Crippen LogP contribution in [0.5, 0.6) is 0 Å². The van der Waals surface area contributed by atoms with Gasteiger partial charge in [0.05, 0.1) is 6.61 Å². The Bertz CT molecular complexity index is 285. The molecule has 0 bridgehead atoms. The summed E-state index contributed by atoms with van der Waals surface area (Å²) < 4.78 is 5.66. The van der Waals surface area contributed by atoms with Crippen LogP contribution in [-0.4, -0.2) is 31.2 Å². The van der Waals surface area contributed by atoms with Crippen molar-refractivity contribution >= 4 is 21.8 Å². The molecule has 1 heterocycles. The van der Waals surface area contributed by atoms with Crippen molar-refractivity contribution in [2.75, 3.05) is 20.3 Å². The van der Waals surface area contributed by atoms with Gasteiger partial charge in [-0.2, -0.15) is 0 Å². The third-order valence-electron chi connectivity index (χ3n) is 1.48. The fourth-order valence-electron chi connectivity index (χ4n) is 0.861. The summed E-state index contributed by atoms with van der Waals surface area (Å²) in [4.78, 5) is 14.1. The van der Waals surface area contributed by atoms with Gasteiger partial charge in [0, 0.05) is 24.3 Å². The van der Waals surface area contributed by atoms with E-state index < -0.39 is 0 Å². The van der Waals surface area contributed by atoms with E-state index in [0.29, 0.717) is 18.8 Å². The zero-order chi connectivity index (χ0) is 9.68. The summed E-state index contributed by atoms with van der Waals surface area (Å²) in [5.74, 6) is -0.122. The number of amides is 1. The number of rotatable bonds is 4. The largest absolute Gasteiger partial charge is 0.383 e. The molecule has 0 atom stereocenters. The number of methoxy groups -OCH3 is 1. The van der Waals surface area contributed by atoms with Crippen LogP contribution in [-0.2, 0) is 4.74 Å². The molecule has 1 amide bonds. The van der Waals surface area contributed by atoms with Crippen molar-refractivity contribution in [1.82, 2.24) is 10.3 Å². The molecule has 5 heteroatoms. The second kappa shape index (κ2) is 5.04. The number of hydrogen-bond donors (Lipinski definition) is 2. The lowest BCUT2D eigenvalue weighted by Crippen LogP contribution is -2.27. The number of carbonyl (C=O) groups is 1. The van der Waals surface area contributed by atoms with Crippen LogP contribution in [0.2, 0.25) is 0 Å². The van der Waals surface area contributed by atoms with Gasteiger partial charge in [-0.3, -0.25) is 4.79 Å². The van der Waals surface area contributed by atoms with Crippen LogP contribution in [0.15, 0.2) is 16.7 Å². The number of aromatic amines is 1. The second-order valence-electron chi connectivity index (χ2n) is 2.48. The summed E-state index contributed by atoms with van der Waals surface area (Å²) in [5, 5.41) is 2.70. The molecule has 0 aliphatic heterocycles. The summed E-state index contributed by atoms with van der Waals surface area (Å²) in [7, 11) is 1.59. The van der Waals surface area contributed by atoms with Crippen molar-refractivity contribution in [1.29, 1.82) is 0 Å². The Hall–Kier alpha value is -0.810. The Balaban J connectivity index is 2.40. The van der Waals surface area contributed by atoms with Gasteiger partial charge >= 0.3 is 0 Å². The molecule has 2 N–H and O–H groups in total. The molecule has 0 aliphatic carbocycles. The smallest absolute Gasteiger partial charge is 0.267 e. The average Bonchev–Trinajstić information content (AvgIpc) is 2.52. The lowest BCUT2D eigenvalue weighted by atomic mass is 10.4. The molecule has 0 spiro atoms. The highest BCUT2D eigenvalue weighted by Gasteiger charge is 2.05. The van der Waals surface area contributed by atoms with E-state index in [1.54, 1.807) is 19.4 Å². The number of aromatic nitrogens is 1. The minimum absolute atomic E-state index is 0.122. The number of ether oxygens (including phenoxy) is 1. The van der Waals surface area contributed by atoms with Crippen LogP contribution in [0.3, 0.4) is 0 Å². The van der Waals surface area contributed by atoms with Gasteiger partial charge in [-0.25, -0.2) is 0 Å². The zero-order valence-corrected chi connectivity index (χ0v) is 8.85.